The highest BCUT2D eigenvalue weighted by Gasteiger charge is 2.15. The van der Waals surface area contributed by atoms with Gasteiger partial charge >= 0.3 is 11.8 Å². The highest BCUT2D eigenvalue weighted by Crippen LogP contribution is 2.27. The Bertz CT molecular complexity index is 1080. The summed E-state index contributed by atoms with van der Waals surface area (Å²) in [6, 6.07) is 15.2. The fourth-order valence-corrected chi connectivity index (χ4v) is 2.74. The number of hydrazone groups is 1. The van der Waals surface area contributed by atoms with Gasteiger partial charge in [0.15, 0.2) is 0 Å². The average Bonchev–Trinajstić information content (AvgIpc) is 3.17. The van der Waals surface area contributed by atoms with Crippen molar-refractivity contribution in [2.24, 2.45) is 5.10 Å². The Morgan fingerprint density at radius 3 is 2.59 bits per heavy atom. The molecule has 0 aliphatic heterocycles. The maximum absolute atomic E-state index is 12.0. The summed E-state index contributed by atoms with van der Waals surface area (Å²) >= 11 is 11.9. The quantitative estimate of drug-likeness (QED) is 0.356. The number of methoxy groups -OCH3 is 1. The van der Waals surface area contributed by atoms with Crippen LogP contribution in [0, 0.1) is 0 Å². The summed E-state index contributed by atoms with van der Waals surface area (Å²) in [5.41, 5.74) is 3.19. The number of hydrogen-bond donors (Lipinski definition) is 2. The maximum Gasteiger partial charge on any atom is 0.329 e. The van der Waals surface area contributed by atoms with E-state index in [1.807, 2.05) is 12.1 Å². The largest absolute Gasteiger partial charge is 0.495 e. The number of ether oxygens (including phenoxy) is 1. The molecule has 9 heteroatoms. The number of rotatable bonds is 5. The summed E-state index contributed by atoms with van der Waals surface area (Å²) in [6.45, 7) is 0. The SMILES string of the molecule is COc1ccc(Cl)cc1NC(=O)C(=O)N/N=C/c1ccc(-c2cccc(Cl)c2)o1. The monoisotopic (exact) mass is 431 g/mol. The van der Waals surface area contributed by atoms with E-state index in [4.69, 9.17) is 32.4 Å². The van der Waals surface area contributed by atoms with E-state index in [0.717, 1.165) is 5.56 Å². The fourth-order valence-electron chi connectivity index (χ4n) is 2.38. The van der Waals surface area contributed by atoms with Crippen LogP contribution in [0.1, 0.15) is 5.76 Å². The average molecular weight is 432 g/mol. The van der Waals surface area contributed by atoms with Crippen LogP contribution in [0.5, 0.6) is 5.75 Å². The third-order valence-corrected chi connectivity index (χ3v) is 4.18. The van der Waals surface area contributed by atoms with Crippen molar-refractivity contribution >= 4 is 46.9 Å². The van der Waals surface area contributed by atoms with Crippen molar-refractivity contribution in [3.8, 4) is 17.1 Å². The standard InChI is InChI=1S/C20H15Cl2N3O4/c1-28-18-7-5-14(22)10-16(18)24-19(26)20(27)25-23-11-15-6-8-17(29-15)12-3-2-4-13(21)9-12/h2-11H,1H3,(H,24,26)(H,25,27)/b23-11+. The predicted octanol–water partition coefficient (Wildman–Crippen LogP) is 4.35. The first-order valence-corrected chi connectivity index (χ1v) is 9.05. The molecule has 29 heavy (non-hydrogen) atoms. The Labute approximate surface area is 176 Å². The van der Waals surface area contributed by atoms with Gasteiger partial charge in [-0.25, -0.2) is 5.43 Å². The van der Waals surface area contributed by atoms with Gasteiger partial charge < -0.3 is 14.5 Å². The summed E-state index contributed by atoms with van der Waals surface area (Å²) in [5, 5.41) is 7.11. The van der Waals surface area contributed by atoms with Crippen LogP contribution < -0.4 is 15.5 Å². The van der Waals surface area contributed by atoms with Crippen LogP contribution >= 0.6 is 23.2 Å². The molecule has 1 heterocycles. The molecule has 1 aromatic heterocycles. The first-order valence-electron chi connectivity index (χ1n) is 8.30. The number of amides is 2. The van der Waals surface area contributed by atoms with E-state index in [9.17, 15) is 9.59 Å². The Morgan fingerprint density at radius 2 is 1.83 bits per heavy atom. The van der Waals surface area contributed by atoms with Gasteiger partial charge in [-0.05, 0) is 42.5 Å². The van der Waals surface area contributed by atoms with Crippen molar-refractivity contribution in [1.29, 1.82) is 0 Å². The topological polar surface area (TPSA) is 92.9 Å². The molecule has 3 aromatic rings. The molecule has 3 rings (SSSR count). The summed E-state index contributed by atoms with van der Waals surface area (Å²) in [4.78, 5) is 24.0. The zero-order valence-corrected chi connectivity index (χ0v) is 16.6. The minimum atomic E-state index is -0.968. The molecule has 0 radical (unpaired) electrons. The second-order valence-electron chi connectivity index (χ2n) is 5.71. The van der Waals surface area contributed by atoms with Crippen molar-refractivity contribution in [3.05, 3.63) is 70.4 Å². The molecule has 0 bridgehead atoms. The fraction of sp³-hybridized carbons (Fsp3) is 0.0500. The van der Waals surface area contributed by atoms with E-state index in [0.29, 0.717) is 27.3 Å². The Balaban J connectivity index is 1.60. The molecule has 0 aliphatic rings. The van der Waals surface area contributed by atoms with E-state index in [2.05, 4.69) is 15.8 Å². The second kappa shape index (κ2) is 9.27. The molecular formula is C20H15Cl2N3O4. The lowest BCUT2D eigenvalue weighted by atomic mass is 10.2. The normalized spacial score (nSPS) is 10.7. The molecule has 0 fully saturated rings. The number of carbonyl (C=O) groups excluding carboxylic acids is 2. The van der Waals surface area contributed by atoms with Crippen molar-refractivity contribution in [2.75, 3.05) is 12.4 Å². The van der Waals surface area contributed by atoms with E-state index >= 15 is 0 Å². The number of furan rings is 1. The highest BCUT2D eigenvalue weighted by molar-refractivity contribution is 6.40. The smallest absolute Gasteiger partial charge is 0.329 e. The first-order chi connectivity index (χ1) is 14.0. The van der Waals surface area contributed by atoms with Gasteiger partial charge in [-0.3, -0.25) is 9.59 Å². The first kappa shape index (κ1) is 20.4. The molecular weight excluding hydrogens is 417 g/mol. The lowest BCUT2D eigenvalue weighted by Crippen LogP contribution is -2.32. The molecule has 7 nitrogen and oxygen atoms in total. The molecule has 0 aliphatic carbocycles. The van der Waals surface area contributed by atoms with Gasteiger partial charge in [0.2, 0.25) is 0 Å². The Morgan fingerprint density at radius 1 is 1.03 bits per heavy atom. The zero-order valence-electron chi connectivity index (χ0n) is 15.1. The van der Waals surface area contributed by atoms with Gasteiger partial charge in [0.1, 0.15) is 17.3 Å². The highest BCUT2D eigenvalue weighted by atomic mass is 35.5. The Kier molecular flexibility index (Phi) is 6.54. The van der Waals surface area contributed by atoms with Gasteiger partial charge in [-0.15, -0.1) is 0 Å². The summed E-state index contributed by atoms with van der Waals surface area (Å²) in [6.07, 6.45) is 1.28. The Hall–Kier alpha value is -3.29. The van der Waals surface area contributed by atoms with E-state index < -0.39 is 11.8 Å². The van der Waals surface area contributed by atoms with Gasteiger partial charge in [-0.1, -0.05) is 35.3 Å². The molecule has 148 valence electrons. The summed E-state index contributed by atoms with van der Waals surface area (Å²) < 4.78 is 10.7. The molecule has 2 N–H and O–H groups in total. The van der Waals surface area contributed by atoms with Crippen molar-refractivity contribution in [2.45, 2.75) is 0 Å². The van der Waals surface area contributed by atoms with Gasteiger partial charge in [-0.2, -0.15) is 5.10 Å². The molecule has 0 unspecified atom stereocenters. The predicted molar refractivity (Wildman–Crippen MR) is 112 cm³/mol. The van der Waals surface area contributed by atoms with Crippen LogP contribution in [-0.4, -0.2) is 25.1 Å². The lowest BCUT2D eigenvalue weighted by Gasteiger charge is -2.09. The number of halogens is 2. The van der Waals surface area contributed by atoms with Crippen LogP contribution in [0.25, 0.3) is 11.3 Å². The summed E-state index contributed by atoms with van der Waals surface area (Å²) in [5.74, 6) is -0.557. The van der Waals surface area contributed by atoms with E-state index in [1.165, 1.54) is 19.4 Å². The third-order valence-electron chi connectivity index (χ3n) is 3.71. The second-order valence-corrected chi connectivity index (χ2v) is 6.58. The van der Waals surface area contributed by atoms with Crippen LogP contribution in [0.4, 0.5) is 5.69 Å². The van der Waals surface area contributed by atoms with Crippen LogP contribution in [-0.2, 0) is 9.59 Å². The van der Waals surface area contributed by atoms with E-state index in [1.54, 1.807) is 36.4 Å². The van der Waals surface area contributed by atoms with Crippen LogP contribution in [0.2, 0.25) is 10.0 Å². The lowest BCUT2D eigenvalue weighted by molar-refractivity contribution is -0.136. The van der Waals surface area contributed by atoms with Crippen LogP contribution in [0.3, 0.4) is 0 Å². The summed E-state index contributed by atoms with van der Waals surface area (Å²) in [7, 11) is 1.43. The molecule has 0 atom stereocenters. The van der Waals surface area contributed by atoms with Gasteiger partial charge in [0.25, 0.3) is 0 Å². The number of carbonyl (C=O) groups is 2. The zero-order chi connectivity index (χ0) is 20.8. The molecule has 0 saturated heterocycles. The maximum atomic E-state index is 12.0. The molecule has 2 amide bonds. The van der Waals surface area contributed by atoms with Gasteiger partial charge in [0.05, 0.1) is 19.0 Å². The number of benzene rings is 2. The number of nitrogens with zero attached hydrogens (tertiary/aromatic N) is 1. The minimum absolute atomic E-state index is 0.265. The minimum Gasteiger partial charge on any atom is -0.495 e. The number of anilines is 1. The van der Waals surface area contributed by atoms with E-state index in [-0.39, 0.29) is 5.69 Å². The molecule has 2 aromatic carbocycles. The van der Waals surface area contributed by atoms with Gasteiger partial charge in [0, 0.05) is 15.6 Å². The van der Waals surface area contributed by atoms with Crippen LogP contribution in [0.15, 0.2) is 64.1 Å². The van der Waals surface area contributed by atoms with Crippen molar-refractivity contribution < 1.29 is 18.7 Å². The third kappa shape index (κ3) is 5.37. The molecule has 0 saturated carbocycles. The molecule has 0 spiro atoms. The number of nitrogens with one attached hydrogen (secondary N) is 2. The van der Waals surface area contributed by atoms with Crippen molar-refractivity contribution in [1.82, 2.24) is 5.43 Å². The number of hydrogen-bond acceptors (Lipinski definition) is 5. The van der Waals surface area contributed by atoms with Crippen molar-refractivity contribution in [3.63, 3.8) is 0 Å².